The van der Waals surface area contributed by atoms with E-state index >= 15 is 0 Å². The van der Waals surface area contributed by atoms with E-state index in [0.29, 0.717) is 29.8 Å². The van der Waals surface area contributed by atoms with Crippen LogP contribution in [0, 0.1) is 6.92 Å². The van der Waals surface area contributed by atoms with E-state index in [4.69, 9.17) is 0 Å². The number of halogens is 3. The van der Waals surface area contributed by atoms with Crippen LogP contribution in [0.1, 0.15) is 43.1 Å². The molecular weight excluding hydrogens is 435 g/mol. The lowest BCUT2D eigenvalue weighted by Gasteiger charge is -2.42. The fraction of sp³-hybridized carbons (Fsp3) is 0.409. The lowest BCUT2D eigenvalue weighted by atomic mass is 9.96. The average molecular weight is 459 g/mol. The number of nitrogens with one attached hydrogen (secondary N) is 1. The average Bonchev–Trinajstić information content (AvgIpc) is 2.80. The molecule has 1 aliphatic heterocycles. The molecule has 1 saturated heterocycles. The summed E-state index contributed by atoms with van der Waals surface area (Å²) >= 11 is 0. The van der Waals surface area contributed by atoms with Gasteiger partial charge in [-0.25, -0.2) is 19.9 Å². The van der Waals surface area contributed by atoms with E-state index in [0.717, 1.165) is 24.7 Å². The normalized spacial score (nSPS) is 20.4. The van der Waals surface area contributed by atoms with Gasteiger partial charge < -0.3 is 10.4 Å². The number of aryl methyl sites for hydroxylation is 1. The van der Waals surface area contributed by atoms with Gasteiger partial charge in [-0.3, -0.25) is 9.88 Å². The summed E-state index contributed by atoms with van der Waals surface area (Å²) in [5.74, 6) is 0.724. The van der Waals surface area contributed by atoms with Crippen LogP contribution in [0.4, 0.5) is 19.0 Å². The fourth-order valence-electron chi connectivity index (χ4n) is 4.00. The van der Waals surface area contributed by atoms with Crippen LogP contribution in [0.15, 0.2) is 43.0 Å². The fourth-order valence-corrected chi connectivity index (χ4v) is 4.00. The van der Waals surface area contributed by atoms with Crippen LogP contribution in [0.25, 0.3) is 11.4 Å². The molecule has 8 nitrogen and oxygen atoms in total. The first-order chi connectivity index (χ1) is 15.7. The Bertz CT molecular complexity index is 1080. The third kappa shape index (κ3) is 5.09. The number of hydrogen-bond donors (Lipinski definition) is 2. The second-order valence-corrected chi connectivity index (χ2v) is 7.99. The van der Waals surface area contributed by atoms with Gasteiger partial charge in [0, 0.05) is 42.3 Å². The maximum Gasteiger partial charge on any atom is 0.434 e. The second-order valence-electron chi connectivity index (χ2n) is 7.99. The smallest absolute Gasteiger partial charge is 0.372 e. The zero-order valence-corrected chi connectivity index (χ0v) is 18.2. The summed E-state index contributed by atoms with van der Waals surface area (Å²) in [5.41, 5.74) is 0.818. The van der Waals surface area contributed by atoms with Crippen LogP contribution in [0.2, 0.25) is 0 Å². The highest BCUT2D eigenvalue weighted by Crippen LogP contribution is 2.32. The minimum absolute atomic E-state index is 0.152. The molecule has 3 atom stereocenters. The summed E-state index contributed by atoms with van der Waals surface area (Å²) in [6, 6.07) is 5.09. The number of aromatic nitrogens is 5. The molecule has 2 N–H and O–H groups in total. The van der Waals surface area contributed by atoms with E-state index < -0.39 is 18.1 Å². The standard InChI is InChI=1S/C22H24F3N7O/c1-13-6-7-15(20-26-8-4-9-27-20)19(30-13)21(33)32-10-3-5-16(14(32)2)31-18-12-28-17(11-29-18)22(23,24)25/h4,6-9,11-12,14,16,21,33H,3,5,10H2,1-2H3,(H,29,31)/t14-,16+,21?/m0/s1. The Kier molecular flexibility index (Phi) is 6.52. The highest BCUT2D eigenvalue weighted by molar-refractivity contribution is 5.58. The van der Waals surface area contributed by atoms with Crippen molar-refractivity contribution >= 4 is 5.82 Å². The zero-order chi connectivity index (χ0) is 23.6. The van der Waals surface area contributed by atoms with Crippen molar-refractivity contribution < 1.29 is 18.3 Å². The van der Waals surface area contributed by atoms with Crippen molar-refractivity contribution in [1.29, 1.82) is 0 Å². The summed E-state index contributed by atoms with van der Waals surface area (Å²) in [5, 5.41) is 14.5. The third-order valence-corrected chi connectivity index (χ3v) is 5.74. The minimum Gasteiger partial charge on any atom is -0.372 e. The Hall–Kier alpha value is -3.18. The molecule has 0 aliphatic carbocycles. The van der Waals surface area contributed by atoms with Crippen molar-refractivity contribution in [1.82, 2.24) is 29.8 Å². The number of aliphatic hydroxyl groups excluding tert-OH is 1. The molecule has 1 aliphatic rings. The van der Waals surface area contributed by atoms with Gasteiger partial charge in [-0.15, -0.1) is 0 Å². The number of rotatable bonds is 5. The highest BCUT2D eigenvalue weighted by atomic mass is 19.4. The lowest BCUT2D eigenvalue weighted by Crippen LogP contribution is -2.51. The maximum atomic E-state index is 12.8. The number of nitrogens with zero attached hydrogens (tertiary/aromatic N) is 6. The van der Waals surface area contributed by atoms with Crippen LogP contribution in [-0.2, 0) is 6.18 Å². The molecule has 1 fully saturated rings. The van der Waals surface area contributed by atoms with Gasteiger partial charge in [-0.05, 0) is 44.9 Å². The molecule has 4 rings (SSSR count). The van der Waals surface area contributed by atoms with E-state index in [2.05, 4.69) is 30.2 Å². The molecule has 0 radical (unpaired) electrons. The Morgan fingerprint density at radius 1 is 1.12 bits per heavy atom. The van der Waals surface area contributed by atoms with Crippen LogP contribution in [0.3, 0.4) is 0 Å². The second kappa shape index (κ2) is 9.36. The van der Waals surface area contributed by atoms with E-state index in [1.54, 1.807) is 18.5 Å². The number of alkyl halides is 3. The molecule has 0 spiro atoms. The predicted molar refractivity (Wildman–Crippen MR) is 115 cm³/mol. The first kappa shape index (κ1) is 23.0. The van der Waals surface area contributed by atoms with E-state index in [1.807, 2.05) is 30.9 Å². The van der Waals surface area contributed by atoms with Gasteiger partial charge in [0.25, 0.3) is 0 Å². The summed E-state index contributed by atoms with van der Waals surface area (Å²) in [6.07, 6.45) is 1.05. The van der Waals surface area contributed by atoms with Gasteiger partial charge in [0.2, 0.25) is 0 Å². The van der Waals surface area contributed by atoms with E-state index in [1.165, 1.54) is 0 Å². The molecule has 1 unspecified atom stereocenters. The minimum atomic E-state index is -4.54. The van der Waals surface area contributed by atoms with Gasteiger partial charge in [-0.2, -0.15) is 13.2 Å². The summed E-state index contributed by atoms with van der Waals surface area (Å²) in [6.45, 7) is 4.43. The van der Waals surface area contributed by atoms with Gasteiger partial charge in [-0.1, -0.05) is 0 Å². The van der Waals surface area contributed by atoms with Crippen LogP contribution in [0.5, 0.6) is 0 Å². The van der Waals surface area contributed by atoms with Crippen molar-refractivity contribution in [3.63, 3.8) is 0 Å². The molecule has 3 aromatic heterocycles. The quantitative estimate of drug-likeness (QED) is 0.597. The Morgan fingerprint density at radius 3 is 2.55 bits per heavy atom. The largest absolute Gasteiger partial charge is 0.434 e. The SMILES string of the molecule is Cc1ccc(-c2ncccn2)c(C(O)N2CCC[C@@H](Nc3cnc(C(F)(F)F)cn3)[C@@H]2C)n1. The van der Waals surface area contributed by atoms with Crippen LogP contribution < -0.4 is 5.32 Å². The molecule has 0 aromatic carbocycles. The topological polar surface area (TPSA) is 100.0 Å². The van der Waals surface area contributed by atoms with Crippen LogP contribution >= 0.6 is 0 Å². The van der Waals surface area contributed by atoms with Crippen molar-refractivity contribution in [2.45, 2.75) is 51.2 Å². The number of likely N-dealkylation sites (tertiary alicyclic amines) is 1. The molecule has 0 bridgehead atoms. The number of pyridine rings is 1. The lowest BCUT2D eigenvalue weighted by molar-refractivity contribution is -0.141. The highest BCUT2D eigenvalue weighted by Gasteiger charge is 2.35. The predicted octanol–water partition coefficient (Wildman–Crippen LogP) is 3.61. The zero-order valence-electron chi connectivity index (χ0n) is 18.2. The summed E-state index contributed by atoms with van der Waals surface area (Å²) in [7, 11) is 0. The first-order valence-electron chi connectivity index (χ1n) is 10.6. The first-order valence-corrected chi connectivity index (χ1v) is 10.6. The van der Waals surface area contributed by atoms with Crippen molar-refractivity contribution in [2.24, 2.45) is 0 Å². The van der Waals surface area contributed by atoms with Crippen molar-refractivity contribution in [3.8, 4) is 11.4 Å². The maximum absolute atomic E-state index is 12.8. The number of anilines is 1. The molecule has 174 valence electrons. The Balaban J connectivity index is 1.55. The molecule has 3 aromatic rings. The van der Waals surface area contributed by atoms with E-state index in [-0.39, 0.29) is 17.9 Å². The van der Waals surface area contributed by atoms with E-state index in [9.17, 15) is 18.3 Å². The number of aliphatic hydroxyl groups is 1. The number of hydrogen-bond acceptors (Lipinski definition) is 8. The van der Waals surface area contributed by atoms with Crippen LogP contribution in [-0.4, -0.2) is 53.6 Å². The molecular formula is C22H24F3N7O. The third-order valence-electron chi connectivity index (χ3n) is 5.74. The Morgan fingerprint density at radius 2 is 1.88 bits per heavy atom. The monoisotopic (exact) mass is 459 g/mol. The molecule has 0 saturated carbocycles. The van der Waals surface area contributed by atoms with Crippen molar-refractivity contribution in [2.75, 3.05) is 11.9 Å². The molecule has 11 heteroatoms. The number of piperidine rings is 1. The molecule has 0 amide bonds. The summed E-state index contributed by atoms with van der Waals surface area (Å²) in [4.78, 5) is 22.4. The van der Waals surface area contributed by atoms with Gasteiger partial charge in [0.1, 0.15) is 5.82 Å². The van der Waals surface area contributed by atoms with Gasteiger partial charge in [0.05, 0.1) is 18.1 Å². The Labute approximate surface area is 189 Å². The molecule has 33 heavy (non-hydrogen) atoms. The van der Waals surface area contributed by atoms with Gasteiger partial charge >= 0.3 is 6.18 Å². The van der Waals surface area contributed by atoms with Crippen molar-refractivity contribution in [3.05, 3.63) is 60.1 Å². The van der Waals surface area contributed by atoms with Gasteiger partial charge in [0.15, 0.2) is 17.7 Å². The summed E-state index contributed by atoms with van der Waals surface area (Å²) < 4.78 is 38.3. The molecule has 4 heterocycles.